The number of pyridine rings is 1. The van der Waals surface area contributed by atoms with Crippen molar-refractivity contribution in [1.29, 1.82) is 0 Å². The first kappa shape index (κ1) is 12.2. The molecule has 2 atom stereocenters. The molecule has 0 radical (unpaired) electrons. The second-order valence-corrected chi connectivity index (χ2v) is 5.06. The van der Waals surface area contributed by atoms with Crippen molar-refractivity contribution in [3.8, 4) is 5.75 Å². The molecule has 19 heavy (non-hydrogen) atoms. The van der Waals surface area contributed by atoms with Crippen molar-refractivity contribution in [2.45, 2.75) is 24.8 Å². The lowest BCUT2D eigenvalue weighted by Gasteiger charge is -2.32. The molecule has 0 spiro atoms. The molecule has 98 valence electrons. The second-order valence-electron chi connectivity index (χ2n) is 5.06. The zero-order chi connectivity index (χ0) is 13.2. The summed E-state index contributed by atoms with van der Waals surface area (Å²) in [5, 5.41) is 0. The Bertz CT molecular complexity index is 582. The van der Waals surface area contributed by atoms with E-state index in [0.717, 1.165) is 24.2 Å². The molecule has 1 aliphatic rings. The Morgan fingerprint density at radius 1 is 1.37 bits per heavy atom. The minimum Gasteiger partial charge on any atom is -0.495 e. The van der Waals surface area contributed by atoms with Gasteiger partial charge >= 0.3 is 0 Å². The number of ether oxygens (including phenoxy) is 1. The van der Waals surface area contributed by atoms with Gasteiger partial charge in [-0.05, 0) is 36.0 Å². The number of fused-ring (bicyclic) bond motifs is 1. The maximum atomic E-state index is 6.33. The fraction of sp³-hybridized carbons (Fsp3) is 0.312. The normalized spacial score (nSPS) is 18.3. The van der Waals surface area contributed by atoms with Crippen molar-refractivity contribution in [2.75, 3.05) is 7.11 Å². The van der Waals surface area contributed by atoms with Gasteiger partial charge in [0.2, 0.25) is 0 Å². The van der Waals surface area contributed by atoms with E-state index in [1.54, 1.807) is 19.5 Å². The number of hydrogen-bond donors (Lipinski definition) is 1. The number of benzene rings is 1. The van der Waals surface area contributed by atoms with Gasteiger partial charge in [0.05, 0.1) is 13.3 Å². The van der Waals surface area contributed by atoms with Crippen LogP contribution in [-0.2, 0) is 6.42 Å². The Labute approximate surface area is 113 Å². The third-order valence-corrected chi connectivity index (χ3v) is 3.94. The fourth-order valence-corrected chi connectivity index (χ4v) is 2.87. The first-order chi connectivity index (χ1) is 9.29. The molecule has 0 bridgehead atoms. The maximum absolute atomic E-state index is 6.33. The highest BCUT2D eigenvalue weighted by Gasteiger charge is 2.28. The molecular weight excluding hydrogens is 236 g/mol. The van der Waals surface area contributed by atoms with Gasteiger partial charge in [-0.15, -0.1) is 0 Å². The van der Waals surface area contributed by atoms with E-state index in [4.69, 9.17) is 10.5 Å². The second kappa shape index (κ2) is 5.02. The topological polar surface area (TPSA) is 48.1 Å². The number of nitrogens with two attached hydrogens (primary N) is 1. The van der Waals surface area contributed by atoms with Crippen molar-refractivity contribution in [3.05, 3.63) is 59.4 Å². The molecule has 0 aliphatic heterocycles. The Morgan fingerprint density at radius 3 is 3.00 bits per heavy atom. The highest BCUT2D eigenvalue weighted by atomic mass is 16.5. The molecule has 2 unspecified atom stereocenters. The average molecular weight is 254 g/mol. The van der Waals surface area contributed by atoms with Gasteiger partial charge in [-0.25, -0.2) is 0 Å². The summed E-state index contributed by atoms with van der Waals surface area (Å²) >= 11 is 0. The van der Waals surface area contributed by atoms with E-state index in [1.807, 2.05) is 6.07 Å². The number of nitrogens with zero attached hydrogens (tertiary/aromatic N) is 1. The third-order valence-electron chi connectivity index (χ3n) is 3.94. The summed E-state index contributed by atoms with van der Waals surface area (Å²) in [6, 6.07) is 10.6. The number of hydrogen-bond acceptors (Lipinski definition) is 3. The predicted molar refractivity (Wildman–Crippen MR) is 75.2 cm³/mol. The molecule has 3 nitrogen and oxygen atoms in total. The average Bonchev–Trinajstić information content (AvgIpc) is 2.44. The van der Waals surface area contributed by atoms with Crippen molar-refractivity contribution in [2.24, 2.45) is 5.73 Å². The Balaban J connectivity index is 1.75. The monoisotopic (exact) mass is 254 g/mol. The summed E-state index contributed by atoms with van der Waals surface area (Å²) in [4.78, 5) is 4.07. The van der Waals surface area contributed by atoms with Crippen LogP contribution in [0.4, 0.5) is 0 Å². The van der Waals surface area contributed by atoms with Crippen LogP contribution >= 0.6 is 0 Å². The Kier molecular flexibility index (Phi) is 3.22. The summed E-state index contributed by atoms with van der Waals surface area (Å²) in [7, 11) is 1.66. The molecule has 2 N–H and O–H groups in total. The molecular formula is C16H18N2O. The zero-order valence-electron chi connectivity index (χ0n) is 11.0. The molecule has 3 rings (SSSR count). The quantitative estimate of drug-likeness (QED) is 0.912. The van der Waals surface area contributed by atoms with Crippen LogP contribution in [0.3, 0.4) is 0 Å². The summed E-state index contributed by atoms with van der Waals surface area (Å²) in [5.41, 5.74) is 10.3. The molecule has 0 amide bonds. The molecule has 1 aromatic heterocycles. The summed E-state index contributed by atoms with van der Waals surface area (Å²) in [5.74, 6) is 1.35. The molecule has 0 saturated carbocycles. The highest BCUT2D eigenvalue weighted by molar-refractivity contribution is 5.41. The van der Waals surface area contributed by atoms with E-state index in [-0.39, 0.29) is 6.04 Å². The van der Waals surface area contributed by atoms with Gasteiger partial charge in [-0.3, -0.25) is 4.98 Å². The standard InChI is InChI=1S/C16H18N2O/c1-19-16-10-18-7-6-14(16)15(17)9-12-8-11-4-2-3-5-13(11)12/h2-7,10,12,15H,8-9,17H2,1H3. The van der Waals surface area contributed by atoms with E-state index < -0.39 is 0 Å². The SMILES string of the molecule is COc1cnccc1C(N)CC1Cc2ccccc21. The van der Waals surface area contributed by atoms with Crippen molar-refractivity contribution >= 4 is 0 Å². The van der Waals surface area contributed by atoms with E-state index in [0.29, 0.717) is 5.92 Å². The van der Waals surface area contributed by atoms with Gasteiger partial charge < -0.3 is 10.5 Å². The smallest absolute Gasteiger partial charge is 0.141 e. The van der Waals surface area contributed by atoms with Crippen LogP contribution in [0.15, 0.2) is 42.7 Å². The lowest BCUT2D eigenvalue weighted by molar-refractivity contribution is 0.397. The van der Waals surface area contributed by atoms with Gasteiger partial charge in [0.1, 0.15) is 5.75 Å². The zero-order valence-corrected chi connectivity index (χ0v) is 11.0. The van der Waals surface area contributed by atoms with E-state index >= 15 is 0 Å². The molecule has 0 saturated heterocycles. The van der Waals surface area contributed by atoms with Crippen molar-refractivity contribution in [3.63, 3.8) is 0 Å². The molecule has 1 heterocycles. The maximum Gasteiger partial charge on any atom is 0.141 e. The van der Waals surface area contributed by atoms with E-state index in [1.165, 1.54) is 11.1 Å². The fourth-order valence-electron chi connectivity index (χ4n) is 2.87. The summed E-state index contributed by atoms with van der Waals surface area (Å²) in [6.45, 7) is 0. The van der Waals surface area contributed by atoms with Gasteiger partial charge in [-0.2, -0.15) is 0 Å². The lowest BCUT2D eigenvalue weighted by atomic mass is 9.74. The molecule has 1 aliphatic carbocycles. The first-order valence-corrected chi connectivity index (χ1v) is 6.61. The minimum absolute atomic E-state index is 0.00342. The first-order valence-electron chi connectivity index (χ1n) is 6.61. The van der Waals surface area contributed by atoms with E-state index in [9.17, 15) is 0 Å². The van der Waals surface area contributed by atoms with Crippen LogP contribution in [0.25, 0.3) is 0 Å². The third kappa shape index (κ3) is 2.22. The van der Waals surface area contributed by atoms with Gasteiger partial charge in [0.15, 0.2) is 0 Å². The van der Waals surface area contributed by atoms with E-state index in [2.05, 4.69) is 29.2 Å². The Morgan fingerprint density at radius 2 is 2.21 bits per heavy atom. The molecule has 3 heteroatoms. The number of methoxy groups -OCH3 is 1. The van der Waals surface area contributed by atoms with Crippen LogP contribution in [0.5, 0.6) is 5.75 Å². The minimum atomic E-state index is -0.00342. The lowest BCUT2D eigenvalue weighted by Crippen LogP contribution is -2.23. The predicted octanol–water partition coefficient (Wildman–Crippen LogP) is 2.82. The largest absolute Gasteiger partial charge is 0.495 e. The van der Waals surface area contributed by atoms with Gasteiger partial charge in [0, 0.05) is 17.8 Å². The summed E-state index contributed by atoms with van der Waals surface area (Å²) < 4.78 is 5.33. The van der Waals surface area contributed by atoms with Crippen LogP contribution in [0, 0.1) is 0 Å². The van der Waals surface area contributed by atoms with Gasteiger partial charge in [0.25, 0.3) is 0 Å². The number of rotatable bonds is 4. The Hall–Kier alpha value is -1.87. The van der Waals surface area contributed by atoms with Crippen molar-refractivity contribution < 1.29 is 4.74 Å². The van der Waals surface area contributed by atoms with Crippen LogP contribution in [0.1, 0.15) is 35.1 Å². The van der Waals surface area contributed by atoms with Crippen LogP contribution in [0.2, 0.25) is 0 Å². The van der Waals surface area contributed by atoms with Gasteiger partial charge in [-0.1, -0.05) is 24.3 Å². The van der Waals surface area contributed by atoms with Crippen LogP contribution < -0.4 is 10.5 Å². The molecule has 0 fully saturated rings. The highest BCUT2D eigenvalue weighted by Crippen LogP contribution is 2.41. The number of aromatic nitrogens is 1. The summed E-state index contributed by atoms with van der Waals surface area (Å²) in [6.07, 6.45) is 5.59. The molecule has 2 aromatic rings. The van der Waals surface area contributed by atoms with Crippen molar-refractivity contribution in [1.82, 2.24) is 4.98 Å². The molecule has 1 aromatic carbocycles. The van der Waals surface area contributed by atoms with Crippen LogP contribution in [-0.4, -0.2) is 12.1 Å².